The summed E-state index contributed by atoms with van der Waals surface area (Å²) in [5, 5.41) is 4.80. The number of nitrogens with one attached hydrogen (secondary N) is 1. The molecule has 3 heteroatoms. The molecule has 1 unspecified atom stereocenters. The standard InChI is InChI=1S/C15H20N2S/c1-11(16-10-4-5-12-8-9-12)15-17-13-6-2-3-7-14(13)18-15/h2-3,6-7,11-12,16H,4-5,8-10H2,1H3. The third-order valence-electron chi connectivity index (χ3n) is 3.62. The van der Waals surface area contributed by atoms with E-state index in [1.165, 1.54) is 35.4 Å². The highest BCUT2D eigenvalue weighted by Gasteiger charge is 2.20. The van der Waals surface area contributed by atoms with E-state index < -0.39 is 0 Å². The van der Waals surface area contributed by atoms with E-state index in [1.54, 1.807) is 0 Å². The molecule has 1 atom stereocenters. The van der Waals surface area contributed by atoms with Crippen LogP contribution >= 0.6 is 11.3 Å². The van der Waals surface area contributed by atoms with Gasteiger partial charge in [-0.05, 0) is 44.4 Å². The molecule has 2 aromatic rings. The molecular weight excluding hydrogens is 240 g/mol. The van der Waals surface area contributed by atoms with Gasteiger partial charge in [-0.2, -0.15) is 0 Å². The number of rotatable bonds is 6. The third-order valence-corrected chi connectivity index (χ3v) is 4.84. The Labute approximate surface area is 112 Å². The van der Waals surface area contributed by atoms with Crippen LogP contribution in [0.4, 0.5) is 0 Å². The van der Waals surface area contributed by atoms with Gasteiger partial charge >= 0.3 is 0 Å². The average molecular weight is 260 g/mol. The van der Waals surface area contributed by atoms with Crippen molar-refractivity contribution in [2.45, 2.75) is 38.6 Å². The Morgan fingerprint density at radius 1 is 1.39 bits per heavy atom. The van der Waals surface area contributed by atoms with Crippen molar-refractivity contribution in [1.29, 1.82) is 0 Å². The van der Waals surface area contributed by atoms with Crippen LogP contribution in [0.5, 0.6) is 0 Å². The van der Waals surface area contributed by atoms with Crippen molar-refractivity contribution in [3.8, 4) is 0 Å². The molecule has 0 bridgehead atoms. The van der Waals surface area contributed by atoms with Crippen molar-refractivity contribution in [1.82, 2.24) is 10.3 Å². The van der Waals surface area contributed by atoms with Gasteiger partial charge in [-0.3, -0.25) is 0 Å². The molecule has 96 valence electrons. The van der Waals surface area contributed by atoms with Crippen molar-refractivity contribution in [3.63, 3.8) is 0 Å². The molecule has 1 N–H and O–H groups in total. The largest absolute Gasteiger partial charge is 0.308 e. The van der Waals surface area contributed by atoms with Gasteiger partial charge in [0.25, 0.3) is 0 Å². The summed E-state index contributed by atoms with van der Waals surface area (Å²) in [6, 6.07) is 8.75. The van der Waals surface area contributed by atoms with Crippen molar-refractivity contribution < 1.29 is 0 Å². The molecule has 1 aromatic heterocycles. The molecule has 3 rings (SSSR count). The molecule has 1 saturated carbocycles. The fraction of sp³-hybridized carbons (Fsp3) is 0.533. The van der Waals surface area contributed by atoms with Gasteiger partial charge < -0.3 is 5.32 Å². The van der Waals surface area contributed by atoms with E-state index in [9.17, 15) is 0 Å². The Morgan fingerprint density at radius 3 is 3.00 bits per heavy atom. The number of hydrogen-bond acceptors (Lipinski definition) is 3. The zero-order valence-electron chi connectivity index (χ0n) is 10.9. The summed E-state index contributed by atoms with van der Waals surface area (Å²) in [4.78, 5) is 4.69. The predicted octanol–water partition coefficient (Wildman–Crippen LogP) is 4.14. The molecule has 1 aromatic carbocycles. The summed E-state index contributed by atoms with van der Waals surface area (Å²) in [6.07, 6.45) is 5.64. The summed E-state index contributed by atoms with van der Waals surface area (Å²) >= 11 is 1.81. The van der Waals surface area contributed by atoms with Crippen LogP contribution in [-0.4, -0.2) is 11.5 Å². The van der Waals surface area contributed by atoms with E-state index in [4.69, 9.17) is 4.98 Å². The van der Waals surface area contributed by atoms with Gasteiger partial charge in [-0.25, -0.2) is 4.98 Å². The fourth-order valence-corrected chi connectivity index (χ4v) is 3.27. The van der Waals surface area contributed by atoms with Gasteiger partial charge in [0.15, 0.2) is 0 Å². The molecule has 2 nitrogen and oxygen atoms in total. The lowest BCUT2D eigenvalue weighted by atomic mass is 10.2. The maximum Gasteiger partial charge on any atom is 0.111 e. The summed E-state index contributed by atoms with van der Waals surface area (Å²) < 4.78 is 1.29. The molecule has 0 radical (unpaired) electrons. The van der Waals surface area contributed by atoms with E-state index in [0.29, 0.717) is 6.04 Å². The molecule has 0 spiro atoms. The van der Waals surface area contributed by atoms with Gasteiger partial charge in [0.2, 0.25) is 0 Å². The maximum atomic E-state index is 4.69. The van der Waals surface area contributed by atoms with Crippen LogP contribution in [0.15, 0.2) is 24.3 Å². The number of aromatic nitrogens is 1. The number of hydrogen-bond donors (Lipinski definition) is 1. The first-order valence-corrected chi connectivity index (χ1v) is 7.73. The van der Waals surface area contributed by atoms with Crippen molar-refractivity contribution in [2.24, 2.45) is 5.92 Å². The minimum atomic E-state index is 0.376. The molecule has 1 aliphatic carbocycles. The third kappa shape index (κ3) is 2.90. The Hall–Kier alpha value is -0.930. The minimum Gasteiger partial charge on any atom is -0.308 e. The number of para-hydroxylation sites is 1. The Morgan fingerprint density at radius 2 is 2.22 bits per heavy atom. The second-order valence-electron chi connectivity index (χ2n) is 5.28. The lowest BCUT2D eigenvalue weighted by Gasteiger charge is -2.10. The molecule has 0 amide bonds. The van der Waals surface area contributed by atoms with Crippen LogP contribution < -0.4 is 5.32 Å². The van der Waals surface area contributed by atoms with Crippen LogP contribution in [0.2, 0.25) is 0 Å². The number of benzene rings is 1. The lowest BCUT2D eigenvalue weighted by Crippen LogP contribution is -2.19. The van der Waals surface area contributed by atoms with Gasteiger partial charge in [0, 0.05) is 0 Å². The van der Waals surface area contributed by atoms with Crippen LogP contribution in [0.25, 0.3) is 10.2 Å². The van der Waals surface area contributed by atoms with Crippen LogP contribution in [0.3, 0.4) is 0 Å². The van der Waals surface area contributed by atoms with E-state index in [2.05, 4.69) is 36.5 Å². The molecule has 1 heterocycles. The van der Waals surface area contributed by atoms with Crippen molar-refractivity contribution in [3.05, 3.63) is 29.3 Å². The minimum absolute atomic E-state index is 0.376. The highest BCUT2D eigenvalue weighted by atomic mass is 32.1. The molecular formula is C15H20N2S. The van der Waals surface area contributed by atoms with Gasteiger partial charge in [-0.15, -0.1) is 11.3 Å². The van der Waals surface area contributed by atoms with E-state index in [1.807, 2.05) is 11.3 Å². The van der Waals surface area contributed by atoms with E-state index >= 15 is 0 Å². The van der Waals surface area contributed by atoms with Crippen LogP contribution in [0, 0.1) is 5.92 Å². The van der Waals surface area contributed by atoms with Crippen molar-refractivity contribution >= 4 is 21.6 Å². The second kappa shape index (κ2) is 5.37. The first kappa shape index (κ1) is 12.1. The molecule has 1 fully saturated rings. The Balaban J connectivity index is 1.55. The van der Waals surface area contributed by atoms with Crippen molar-refractivity contribution in [2.75, 3.05) is 6.54 Å². The molecule has 0 aliphatic heterocycles. The summed E-state index contributed by atoms with van der Waals surface area (Å²) in [7, 11) is 0. The van der Waals surface area contributed by atoms with Gasteiger partial charge in [0.05, 0.1) is 16.3 Å². The predicted molar refractivity (Wildman–Crippen MR) is 78.0 cm³/mol. The first-order valence-electron chi connectivity index (χ1n) is 6.92. The van der Waals surface area contributed by atoms with Gasteiger partial charge in [-0.1, -0.05) is 25.0 Å². The Bertz CT molecular complexity index is 483. The quantitative estimate of drug-likeness (QED) is 0.790. The highest BCUT2D eigenvalue weighted by Crippen LogP contribution is 2.33. The van der Waals surface area contributed by atoms with Crippen LogP contribution in [-0.2, 0) is 0 Å². The normalized spacial score (nSPS) is 17.2. The summed E-state index contributed by atoms with van der Waals surface area (Å²) in [5.74, 6) is 1.05. The maximum absolute atomic E-state index is 4.69. The van der Waals surface area contributed by atoms with E-state index in [-0.39, 0.29) is 0 Å². The first-order chi connectivity index (χ1) is 8.83. The Kier molecular flexibility index (Phi) is 3.62. The van der Waals surface area contributed by atoms with E-state index in [0.717, 1.165) is 18.0 Å². The smallest absolute Gasteiger partial charge is 0.111 e. The SMILES string of the molecule is CC(NCCCC1CC1)c1nc2ccccc2s1. The molecule has 18 heavy (non-hydrogen) atoms. The fourth-order valence-electron chi connectivity index (χ4n) is 2.28. The number of fused-ring (bicyclic) bond motifs is 1. The number of thiazole rings is 1. The molecule has 1 aliphatic rings. The topological polar surface area (TPSA) is 24.9 Å². The summed E-state index contributed by atoms with van der Waals surface area (Å²) in [6.45, 7) is 3.34. The lowest BCUT2D eigenvalue weighted by molar-refractivity contribution is 0.532. The monoisotopic (exact) mass is 260 g/mol. The average Bonchev–Trinajstić information content (AvgIpc) is 3.10. The zero-order valence-corrected chi connectivity index (χ0v) is 11.7. The second-order valence-corrected chi connectivity index (χ2v) is 6.34. The molecule has 0 saturated heterocycles. The highest BCUT2D eigenvalue weighted by molar-refractivity contribution is 7.18. The summed E-state index contributed by atoms with van der Waals surface area (Å²) in [5.41, 5.74) is 1.13. The number of nitrogens with zero attached hydrogens (tertiary/aromatic N) is 1. The van der Waals surface area contributed by atoms with Crippen LogP contribution in [0.1, 0.15) is 43.7 Å². The zero-order chi connectivity index (χ0) is 12.4. The van der Waals surface area contributed by atoms with Gasteiger partial charge in [0.1, 0.15) is 5.01 Å².